The summed E-state index contributed by atoms with van der Waals surface area (Å²) in [6, 6.07) is 13.9. The van der Waals surface area contributed by atoms with Crippen molar-refractivity contribution in [3.8, 4) is 5.75 Å². The molecule has 2 amide bonds. The molecule has 0 atom stereocenters. The SMILES string of the molecule is COc1ccc(C)cc1NC(=O)N(Cc1ccco1)C1CCN(CCc2cccs2)CC1. The molecule has 1 saturated heterocycles. The normalized spacial score (nSPS) is 14.9. The van der Waals surface area contributed by atoms with E-state index in [0.29, 0.717) is 18.0 Å². The smallest absolute Gasteiger partial charge is 0.322 e. The van der Waals surface area contributed by atoms with Gasteiger partial charge in [0, 0.05) is 30.6 Å². The Morgan fingerprint density at radius 3 is 2.78 bits per heavy atom. The number of hydrogen-bond acceptors (Lipinski definition) is 5. The first-order valence-corrected chi connectivity index (χ1v) is 12.0. The van der Waals surface area contributed by atoms with Crippen LogP contribution in [0, 0.1) is 6.92 Å². The van der Waals surface area contributed by atoms with E-state index in [-0.39, 0.29) is 12.1 Å². The Morgan fingerprint density at radius 2 is 2.09 bits per heavy atom. The average molecular weight is 454 g/mol. The van der Waals surface area contributed by atoms with E-state index in [1.165, 1.54) is 4.88 Å². The molecule has 1 aliphatic rings. The van der Waals surface area contributed by atoms with E-state index in [1.54, 1.807) is 13.4 Å². The first-order chi connectivity index (χ1) is 15.6. The van der Waals surface area contributed by atoms with Gasteiger partial charge in [-0.25, -0.2) is 4.79 Å². The van der Waals surface area contributed by atoms with Crippen molar-refractivity contribution in [2.75, 3.05) is 32.1 Å². The van der Waals surface area contributed by atoms with E-state index >= 15 is 0 Å². The van der Waals surface area contributed by atoms with Gasteiger partial charge in [-0.1, -0.05) is 12.1 Å². The minimum absolute atomic E-state index is 0.123. The zero-order valence-electron chi connectivity index (χ0n) is 18.8. The molecule has 0 saturated carbocycles. The third-order valence-electron chi connectivity index (χ3n) is 6.02. The molecule has 2 aromatic heterocycles. The lowest BCUT2D eigenvalue weighted by Crippen LogP contribution is -2.48. The van der Waals surface area contributed by atoms with E-state index in [0.717, 1.165) is 50.2 Å². The number of hydrogen-bond donors (Lipinski definition) is 1. The molecule has 0 unspecified atom stereocenters. The van der Waals surface area contributed by atoms with Crippen molar-refractivity contribution >= 4 is 23.1 Å². The van der Waals surface area contributed by atoms with E-state index in [4.69, 9.17) is 9.15 Å². The topological polar surface area (TPSA) is 58.0 Å². The summed E-state index contributed by atoms with van der Waals surface area (Å²) in [6.45, 7) is 5.50. The van der Waals surface area contributed by atoms with Gasteiger partial charge in [0.15, 0.2) is 0 Å². The fraction of sp³-hybridized carbons (Fsp3) is 0.400. The molecule has 1 aliphatic heterocycles. The van der Waals surface area contributed by atoms with Crippen LogP contribution in [0.1, 0.15) is 29.0 Å². The van der Waals surface area contributed by atoms with Gasteiger partial charge in [-0.05, 0) is 67.5 Å². The van der Waals surface area contributed by atoms with Gasteiger partial charge in [0.2, 0.25) is 0 Å². The number of thiophene rings is 1. The van der Waals surface area contributed by atoms with E-state index in [9.17, 15) is 4.79 Å². The van der Waals surface area contributed by atoms with Gasteiger partial charge in [0.25, 0.3) is 0 Å². The van der Waals surface area contributed by atoms with Crippen LogP contribution in [0.2, 0.25) is 0 Å². The Hall–Kier alpha value is -2.77. The molecule has 3 heterocycles. The molecule has 32 heavy (non-hydrogen) atoms. The number of nitrogens with one attached hydrogen (secondary N) is 1. The monoisotopic (exact) mass is 453 g/mol. The molecule has 7 heteroatoms. The minimum Gasteiger partial charge on any atom is -0.495 e. The summed E-state index contributed by atoms with van der Waals surface area (Å²) in [5.41, 5.74) is 1.76. The van der Waals surface area contributed by atoms with Crippen molar-refractivity contribution in [2.45, 2.75) is 38.8 Å². The maximum absolute atomic E-state index is 13.4. The Bertz CT molecular complexity index is 980. The number of ether oxygens (including phenoxy) is 1. The lowest BCUT2D eigenvalue weighted by molar-refractivity contribution is 0.119. The number of likely N-dealkylation sites (tertiary alicyclic amines) is 1. The first-order valence-electron chi connectivity index (χ1n) is 11.1. The largest absolute Gasteiger partial charge is 0.495 e. The Kier molecular flexibility index (Phi) is 7.50. The molecule has 0 aliphatic carbocycles. The van der Waals surface area contributed by atoms with Gasteiger partial charge in [0.1, 0.15) is 11.5 Å². The number of anilines is 1. The minimum atomic E-state index is -0.123. The first kappa shape index (κ1) is 22.4. The highest BCUT2D eigenvalue weighted by molar-refractivity contribution is 7.09. The molecule has 0 spiro atoms. The summed E-state index contributed by atoms with van der Waals surface area (Å²) in [4.78, 5) is 19.2. The molecule has 1 N–H and O–H groups in total. The summed E-state index contributed by atoms with van der Waals surface area (Å²) >= 11 is 1.82. The summed E-state index contributed by atoms with van der Waals surface area (Å²) in [5.74, 6) is 1.45. The van der Waals surface area contributed by atoms with Gasteiger partial charge in [0.05, 0.1) is 25.6 Å². The second-order valence-corrected chi connectivity index (χ2v) is 9.28. The maximum Gasteiger partial charge on any atom is 0.322 e. The lowest BCUT2D eigenvalue weighted by atomic mass is 10.0. The Labute approximate surface area is 193 Å². The molecule has 1 fully saturated rings. The van der Waals surface area contributed by atoms with Gasteiger partial charge in [-0.3, -0.25) is 0 Å². The van der Waals surface area contributed by atoms with Crippen molar-refractivity contribution in [1.29, 1.82) is 0 Å². The summed E-state index contributed by atoms with van der Waals surface area (Å²) in [7, 11) is 1.62. The summed E-state index contributed by atoms with van der Waals surface area (Å²) < 4.78 is 11.0. The number of rotatable bonds is 8. The fourth-order valence-corrected chi connectivity index (χ4v) is 4.92. The van der Waals surface area contributed by atoms with Crippen molar-refractivity contribution in [2.24, 2.45) is 0 Å². The van der Waals surface area contributed by atoms with Crippen LogP contribution in [0.3, 0.4) is 0 Å². The number of carbonyl (C=O) groups excluding carboxylic acids is 1. The molecule has 0 radical (unpaired) electrons. The van der Waals surface area contributed by atoms with Crippen LogP contribution < -0.4 is 10.1 Å². The molecule has 170 valence electrons. The fourth-order valence-electron chi connectivity index (χ4n) is 4.22. The Balaban J connectivity index is 1.41. The van der Waals surface area contributed by atoms with E-state index in [1.807, 2.05) is 53.5 Å². The third kappa shape index (κ3) is 5.72. The van der Waals surface area contributed by atoms with Crippen LogP contribution in [0.4, 0.5) is 10.5 Å². The second kappa shape index (κ2) is 10.7. The molecule has 0 bridgehead atoms. The number of nitrogens with zero attached hydrogens (tertiary/aromatic N) is 2. The summed E-state index contributed by atoms with van der Waals surface area (Å²) in [6.07, 6.45) is 4.64. The molecule has 6 nitrogen and oxygen atoms in total. The molecule has 1 aromatic carbocycles. The van der Waals surface area contributed by atoms with Crippen LogP contribution in [0.25, 0.3) is 0 Å². The van der Waals surface area contributed by atoms with Gasteiger partial charge in [-0.15, -0.1) is 11.3 Å². The van der Waals surface area contributed by atoms with Crippen LogP contribution in [0.15, 0.2) is 58.5 Å². The second-order valence-electron chi connectivity index (χ2n) is 8.24. The number of furan rings is 1. The predicted octanol–water partition coefficient (Wildman–Crippen LogP) is 5.40. The van der Waals surface area contributed by atoms with Gasteiger partial charge in [-0.2, -0.15) is 0 Å². The van der Waals surface area contributed by atoms with Crippen LogP contribution in [-0.4, -0.2) is 48.6 Å². The highest BCUT2D eigenvalue weighted by Gasteiger charge is 2.29. The number of piperidine rings is 1. The average Bonchev–Trinajstić information content (AvgIpc) is 3.51. The zero-order chi connectivity index (χ0) is 22.3. The van der Waals surface area contributed by atoms with E-state index in [2.05, 4.69) is 27.7 Å². The van der Waals surface area contributed by atoms with Gasteiger partial charge >= 0.3 is 6.03 Å². The number of urea groups is 1. The highest BCUT2D eigenvalue weighted by Crippen LogP contribution is 2.27. The Morgan fingerprint density at radius 1 is 1.25 bits per heavy atom. The van der Waals surface area contributed by atoms with Crippen LogP contribution in [0.5, 0.6) is 5.75 Å². The highest BCUT2D eigenvalue weighted by atomic mass is 32.1. The van der Waals surface area contributed by atoms with Gasteiger partial charge < -0.3 is 24.3 Å². The zero-order valence-corrected chi connectivity index (χ0v) is 19.6. The molecular formula is C25H31N3O3S. The number of methoxy groups -OCH3 is 1. The number of amides is 2. The standard InChI is InChI=1S/C25H31N3O3S/c1-19-7-8-24(30-2)23(17-19)26-25(29)28(18-21-5-3-15-31-21)20-9-12-27(13-10-20)14-11-22-6-4-16-32-22/h3-8,15-17,20H,9-14,18H2,1-2H3,(H,26,29). The third-order valence-corrected chi connectivity index (χ3v) is 6.95. The van der Waals surface area contributed by atoms with Crippen molar-refractivity contribution in [3.63, 3.8) is 0 Å². The van der Waals surface area contributed by atoms with Crippen LogP contribution >= 0.6 is 11.3 Å². The number of aryl methyl sites for hydroxylation is 1. The molecular weight excluding hydrogens is 422 g/mol. The quantitative estimate of drug-likeness (QED) is 0.496. The van der Waals surface area contributed by atoms with E-state index < -0.39 is 0 Å². The lowest BCUT2D eigenvalue weighted by Gasteiger charge is -2.38. The van der Waals surface area contributed by atoms with Crippen molar-refractivity contribution < 1.29 is 13.9 Å². The van der Waals surface area contributed by atoms with Crippen molar-refractivity contribution in [3.05, 3.63) is 70.3 Å². The molecule has 3 aromatic rings. The predicted molar refractivity (Wildman–Crippen MR) is 128 cm³/mol. The number of carbonyl (C=O) groups is 1. The van der Waals surface area contributed by atoms with Crippen molar-refractivity contribution in [1.82, 2.24) is 9.80 Å². The maximum atomic E-state index is 13.4. The number of benzene rings is 1. The molecule has 4 rings (SSSR count). The summed E-state index contributed by atoms with van der Waals surface area (Å²) in [5, 5.41) is 5.21. The van der Waals surface area contributed by atoms with Crippen LogP contribution in [-0.2, 0) is 13.0 Å².